The van der Waals surface area contributed by atoms with Gasteiger partial charge in [-0.2, -0.15) is 0 Å². The molecule has 0 radical (unpaired) electrons. The first-order valence-corrected chi connectivity index (χ1v) is 7.81. The Hall–Kier alpha value is -3.62. The van der Waals surface area contributed by atoms with Crippen LogP contribution in [0.15, 0.2) is 47.3 Å². The van der Waals surface area contributed by atoms with E-state index in [1.54, 1.807) is 31.2 Å². The van der Waals surface area contributed by atoms with E-state index < -0.39 is 10.8 Å². The molecule has 1 unspecified atom stereocenters. The van der Waals surface area contributed by atoms with Gasteiger partial charge in [-0.15, -0.1) is 0 Å². The molecule has 0 aliphatic carbocycles. The molecule has 1 aromatic heterocycles. The molecule has 0 aliphatic heterocycles. The molecule has 0 saturated heterocycles. The number of fused-ring (bicyclic) bond motifs is 1. The molecule has 1 atom stereocenters. The number of H-pyrrole nitrogens is 2. The van der Waals surface area contributed by atoms with Crippen LogP contribution in [0.4, 0.5) is 5.69 Å². The minimum Gasteiger partial charge on any atom is -0.477 e. The highest BCUT2D eigenvalue weighted by molar-refractivity contribution is 5.79. The molecule has 9 nitrogen and oxygen atoms in total. The first kappa shape index (κ1) is 17.2. The highest BCUT2D eigenvalue weighted by atomic mass is 16.6. The molecule has 9 heteroatoms. The maximum atomic E-state index is 12.1. The lowest BCUT2D eigenvalue weighted by atomic mass is 10.1. The summed E-state index contributed by atoms with van der Waals surface area (Å²) in [7, 11) is 0. The van der Waals surface area contributed by atoms with Gasteiger partial charge >= 0.3 is 11.4 Å². The molecule has 0 bridgehead atoms. The number of amides is 1. The summed E-state index contributed by atoms with van der Waals surface area (Å²) in [5, 5.41) is 13.7. The predicted molar refractivity (Wildman–Crippen MR) is 94.1 cm³/mol. The molecule has 3 rings (SSSR count). The Balaban J connectivity index is 1.63. The minimum absolute atomic E-state index is 0.0339. The number of ether oxygens (including phenoxy) is 1. The number of benzene rings is 2. The van der Waals surface area contributed by atoms with Crippen molar-refractivity contribution in [1.82, 2.24) is 15.3 Å². The van der Waals surface area contributed by atoms with E-state index >= 15 is 0 Å². The number of nitro benzene ring substituents is 1. The van der Waals surface area contributed by atoms with Crippen LogP contribution in [0.25, 0.3) is 11.0 Å². The lowest BCUT2D eigenvalue weighted by Gasteiger charge is -2.15. The summed E-state index contributed by atoms with van der Waals surface area (Å²) in [6.45, 7) is 1.44. The first-order chi connectivity index (χ1) is 12.4. The smallest absolute Gasteiger partial charge is 0.323 e. The van der Waals surface area contributed by atoms with Gasteiger partial charge in [0.05, 0.1) is 22.0 Å². The van der Waals surface area contributed by atoms with Gasteiger partial charge in [-0.05, 0) is 30.7 Å². The molecule has 0 spiro atoms. The SMILES string of the molecule is CC(NC(=O)COc1ccccc1[N+](=O)[O-])c1ccc2[nH]c(=O)[nH]c2c1. The van der Waals surface area contributed by atoms with Crippen LogP contribution >= 0.6 is 0 Å². The molecule has 134 valence electrons. The van der Waals surface area contributed by atoms with Crippen LogP contribution in [0, 0.1) is 10.1 Å². The maximum absolute atomic E-state index is 12.1. The molecule has 3 N–H and O–H groups in total. The van der Waals surface area contributed by atoms with E-state index in [2.05, 4.69) is 15.3 Å². The fourth-order valence-electron chi connectivity index (χ4n) is 2.56. The van der Waals surface area contributed by atoms with Crippen LogP contribution in [0.5, 0.6) is 5.75 Å². The number of hydrogen-bond donors (Lipinski definition) is 3. The summed E-state index contributed by atoms with van der Waals surface area (Å²) >= 11 is 0. The number of carbonyl (C=O) groups excluding carboxylic acids is 1. The number of hydrogen-bond acceptors (Lipinski definition) is 5. The van der Waals surface area contributed by atoms with Crippen molar-refractivity contribution in [2.45, 2.75) is 13.0 Å². The van der Waals surface area contributed by atoms with Crippen molar-refractivity contribution in [3.05, 3.63) is 68.6 Å². The first-order valence-electron chi connectivity index (χ1n) is 7.81. The van der Waals surface area contributed by atoms with E-state index in [0.29, 0.717) is 11.0 Å². The van der Waals surface area contributed by atoms with Crippen molar-refractivity contribution in [3.8, 4) is 5.75 Å². The molecule has 0 aliphatic rings. The Kier molecular flexibility index (Phi) is 4.70. The number of rotatable bonds is 6. The van der Waals surface area contributed by atoms with E-state index in [0.717, 1.165) is 5.56 Å². The highest BCUT2D eigenvalue weighted by Gasteiger charge is 2.16. The summed E-state index contributed by atoms with van der Waals surface area (Å²) in [6.07, 6.45) is 0. The van der Waals surface area contributed by atoms with Gasteiger partial charge in [-0.1, -0.05) is 18.2 Å². The fraction of sp³-hybridized carbons (Fsp3) is 0.176. The van der Waals surface area contributed by atoms with Gasteiger partial charge in [0.1, 0.15) is 0 Å². The number of nitrogens with zero attached hydrogens (tertiary/aromatic N) is 1. The minimum atomic E-state index is -0.567. The average molecular weight is 356 g/mol. The number of nitro groups is 1. The lowest BCUT2D eigenvalue weighted by molar-refractivity contribution is -0.385. The van der Waals surface area contributed by atoms with E-state index in [9.17, 15) is 19.7 Å². The van der Waals surface area contributed by atoms with E-state index in [1.165, 1.54) is 18.2 Å². The van der Waals surface area contributed by atoms with Crippen LogP contribution in [0.3, 0.4) is 0 Å². The van der Waals surface area contributed by atoms with Crippen molar-refractivity contribution >= 4 is 22.6 Å². The quantitative estimate of drug-likeness (QED) is 0.459. The van der Waals surface area contributed by atoms with Crippen molar-refractivity contribution in [1.29, 1.82) is 0 Å². The second-order valence-electron chi connectivity index (χ2n) is 5.69. The van der Waals surface area contributed by atoms with E-state index in [-0.39, 0.29) is 29.8 Å². The van der Waals surface area contributed by atoms with Gasteiger partial charge in [0.2, 0.25) is 0 Å². The third kappa shape index (κ3) is 3.72. The Labute approximate surface area is 147 Å². The third-order valence-electron chi connectivity index (χ3n) is 3.84. The monoisotopic (exact) mass is 356 g/mol. The summed E-state index contributed by atoms with van der Waals surface area (Å²) in [4.78, 5) is 39.0. The normalized spacial score (nSPS) is 11.9. The lowest BCUT2D eigenvalue weighted by Crippen LogP contribution is -2.31. The Morgan fingerprint density at radius 1 is 1.23 bits per heavy atom. The average Bonchev–Trinajstić information content (AvgIpc) is 2.99. The molecule has 26 heavy (non-hydrogen) atoms. The fourth-order valence-corrected chi connectivity index (χ4v) is 2.56. The summed E-state index contributed by atoms with van der Waals surface area (Å²) < 4.78 is 5.26. The maximum Gasteiger partial charge on any atom is 0.323 e. The third-order valence-corrected chi connectivity index (χ3v) is 3.84. The Morgan fingerprint density at radius 2 is 1.96 bits per heavy atom. The number of aromatic nitrogens is 2. The predicted octanol–water partition coefficient (Wildman–Crippen LogP) is 2.02. The number of nitrogens with one attached hydrogen (secondary N) is 3. The second-order valence-corrected chi connectivity index (χ2v) is 5.69. The molecular weight excluding hydrogens is 340 g/mol. The molecular formula is C17H16N4O5. The number of aromatic amines is 2. The molecule has 0 fully saturated rings. The van der Waals surface area contributed by atoms with Crippen molar-refractivity contribution < 1.29 is 14.5 Å². The number of para-hydroxylation sites is 2. The standard InChI is InChI=1S/C17H16N4O5/c1-10(11-6-7-12-13(8-11)20-17(23)19-12)18-16(22)9-26-15-5-3-2-4-14(15)21(24)25/h2-8,10H,9H2,1H3,(H,18,22)(H2,19,20,23). The molecule has 0 saturated carbocycles. The largest absolute Gasteiger partial charge is 0.477 e. The zero-order chi connectivity index (χ0) is 18.7. The zero-order valence-corrected chi connectivity index (χ0v) is 13.8. The van der Waals surface area contributed by atoms with Crippen molar-refractivity contribution in [2.24, 2.45) is 0 Å². The van der Waals surface area contributed by atoms with Gasteiger partial charge < -0.3 is 20.0 Å². The molecule has 2 aromatic carbocycles. The Morgan fingerprint density at radius 3 is 2.73 bits per heavy atom. The van der Waals surface area contributed by atoms with Crippen LogP contribution in [-0.4, -0.2) is 27.4 Å². The second kappa shape index (κ2) is 7.09. The summed E-state index contributed by atoms with van der Waals surface area (Å²) in [5.74, 6) is -0.384. The van der Waals surface area contributed by atoms with Gasteiger partial charge in [0.25, 0.3) is 5.91 Å². The molecule has 1 heterocycles. The van der Waals surface area contributed by atoms with Crippen molar-refractivity contribution in [2.75, 3.05) is 6.61 Å². The summed E-state index contributed by atoms with van der Waals surface area (Å²) in [5.41, 5.74) is 1.62. The van der Waals surface area contributed by atoms with E-state index in [1.807, 2.05) is 0 Å². The van der Waals surface area contributed by atoms with Crippen LogP contribution in [-0.2, 0) is 4.79 Å². The van der Waals surface area contributed by atoms with Crippen LogP contribution in [0.2, 0.25) is 0 Å². The van der Waals surface area contributed by atoms with Crippen LogP contribution < -0.4 is 15.7 Å². The topological polar surface area (TPSA) is 130 Å². The van der Waals surface area contributed by atoms with Crippen LogP contribution in [0.1, 0.15) is 18.5 Å². The van der Waals surface area contributed by atoms with Gasteiger partial charge in [-0.3, -0.25) is 14.9 Å². The van der Waals surface area contributed by atoms with Gasteiger partial charge in [0.15, 0.2) is 12.4 Å². The van der Waals surface area contributed by atoms with Crippen molar-refractivity contribution in [3.63, 3.8) is 0 Å². The zero-order valence-electron chi connectivity index (χ0n) is 13.8. The van der Waals surface area contributed by atoms with E-state index in [4.69, 9.17) is 4.74 Å². The Bertz CT molecular complexity index is 1020. The molecule has 1 amide bonds. The summed E-state index contributed by atoms with van der Waals surface area (Å²) in [6, 6.07) is 10.8. The van der Waals surface area contributed by atoms with Gasteiger partial charge in [-0.25, -0.2) is 4.79 Å². The molecule has 3 aromatic rings. The number of imidazole rings is 1. The van der Waals surface area contributed by atoms with Gasteiger partial charge in [0, 0.05) is 6.07 Å². The highest BCUT2D eigenvalue weighted by Crippen LogP contribution is 2.25. The number of carbonyl (C=O) groups is 1.